The Kier molecular flexibility index (Phi) is 2.62. The molecule has 6 heteroatoms. The second-order valence-corrected chi connectivity index (χ2v) is 10.7. The maximum atomic E-state index is 6.93. The van der Waals surface area contributed by atoms with E-state index in [2.05, 4.69) is 49.0 Å². The molecule has 1 aromatic carbocycles. The van der Waals surface area contributed by atoms with Crippen molar-refractivity contribution < 1.29 is 4.52 Å². The van der Waals surface area contributed by atoms with Gasteiger partial charge in [-0.3, -0.25) is 0 Å². The standard InChI is InChI=1S/C15H23N4OP/c1-2-4-15(5-3-1)14-20-21-16-6-7-17(21)10-11-19(21)13-12-18(21)9-8-16/h1-5H,6-14H2. The second-order valence-electron chi connectivity index (χ2n) is 6.44. The Hall–Kier alpha value is -0.550. The number of rotatable bonds is 3. The van der Waals surface area contributed by atoms with E-state index < -0.39 is 7.43 Å². The van der Waals surface area contributed by atoms with Crippen LogP contribution in [0.15, 0.2) is 30.3 Å². The molecule has 0 atom stereocenters. The third-order valence-electron chi connectivity index (χ3n) is 5.75. The van der Waals surface area contributed by atoms with Crippen molar-refractivity contribution in [2.24, 2.45) is 0 Å². The molecule has 0 N–H and O–H groups in total. The van der Waals surface area contributed by atoms with E-state index in [0.717, 1.165) is 6.61 Å². The summed E-state index contributed by atoms with van der Waals surface area (Å²) in [5.41, 5.74) is 1.29. The van der Waals surface area contributed by atoms with Gasteiger partial charge < -0.3 is 0 Å². The molecule has 114 valence electrons. The van der Waals surface area contributed by atoms with Gasteiger partial charge in [0.15, 0.2) is 0 Å². The fourth-order valence-corrected chi connectivity index (χ4v) is 11.6. The molecule has 4 saturated heterocycles. The average Bonchev–Trinajstić information content (AvgIpc) is 3.15. The van der Waals surface area contributed by atoms with Gasteiger partial charge in [-0.2, -0.15) is 0 Å². The van der Waals surface area contributed by atoms with Gasteiger partial charge in [-0.25, -0.2) is 0 Å². The van der Waals surface area contributed by atoms with E-state index in [9.17, 15) is 0 Å². The fourth-order valence-electron chi connectivity index (χ4n) is 4.93. The van der Waals surface area contributed by atoms with Crippen molar-refractivity contribution in [3.8, 4) is 0 Å². The van der Waals surface area contributed by atoms with Crippen molar-refractivity contribution in [3.63, 3.8) is 0 Å². The molecule has 0 saturated carbocycles. The van der Waals surface area contributed by atoms with Crippen LogP contribution in [0.1, 0.15) is 5.56 Å². The van der Waals surface area contributed by atoms with Gasteiger partial charge >= 0.3 is 125 Å². The van der Waals surface area contributed by atoms with Crippen LogP contribution in [0.2, 0.25) is 0 Å². The molecule has 4 aliphatic rings. The summed E-state index contributed by atoms with van der Waals surface area (Å²) in [6.45, 7) is 10.2. The van der Waals surface area contributed by atoms with Crippen molar-refractivity contribution in [1.29, 1.82) is 0 Å². The summed E-state index contributed by atoms with van der Waals surface area (Å²) >= 11 is 0. The van der Waals surface area contributed by atoms with Gasteiger partial charge in [-0.1, -0.05) is 0 Å². The number of hydrogen-bond donors (Lipinski definition) is 0. The van der Waals surface area contributed by atoms with Crippen LogP contribution in [-0.4, -0.2) is 71.0 Å². The third-order valence-corrected chi connectivity index (χ3v) is 11.9. The summed E-state index contributed by atoms with van der Waals surface area (Å²) in [4.78, 5) is 0. The molecule has 5 rings (SSSR count). The molecule has 0 amide bonds. The van der Waals surface area contributed by atoms with Crippen molar-refractivity contribution in [3.05, 3.63) is 35.9 Å². The maximum absolute atomic E-state index is 6.93. The zero-order valence-electron chi connectivity index (χ0n) is 12.4. The molecule has 0 aromatic heterocycles. The van der Waals surface area contributed by atoms with Crippen LogP contribution < -0.4 is 0 Å². The summed E-state index contributed by atoms with van der Waals surface area (Å²) in [7, 11) is -2.56. The minimum absolute atomic E-state index is 0.735. The predicted molar refractivity (Wildman–Crippen MR) is 84.4 cm³/mol. The van der Waals surface area contributed by atoms with Gasteiger partial charge in [0.2, 0.25) is 0 Å². The average molecular weight is 306 g/mol. The van der Waals surface area contributed by atoms with E-state index in [4.69, 9.17) is 4.52 Å². The van der Waals surface area contributed by atoms with Crippen molar-refractivity contribution in [2.75, 3.05) is 52.4 Å². The third kappa shape index (κ3) is 1.34. The first-order valence-electron chi connectivity index (χ1n) is 8.07. The molecule has 5 nitrogen and oxygen atoms in total. The molecule has 4 heterocycles. The van der Waals surface area contributed by atoms with Gasteiger partial charge in [-0.05, 0) is 0 Å². The van der Waals surface area contributed by atoms with Crippen molar-refractivity contribution >= 4 is 7.43 Å². The predicted octanol–water partition coefficient (Wildman–Crippen LogP) is 1.59. The van der Waals surface area contributed by atoms with Crippen LogP contribution in [0, 0.1) is 0 Å². The first kappa shape index (κ1) is 12.9. The Labute approximate surface area is 126 Å². The van der Waals surface area contributed by atoms with Gasteiger partial charge in [0.1, 0.15) is 0 Å². The molecule has 4 fully saturated rings. The van der Waals surface area contributed by atoms with Gasteiger partial charge in [0.25, 0.3) is 0 Å². The summed E-state index contributed by atoms with van der Waals surface area (Å²) in [5, 5.41) is 0. The van der Waals surface area contributed by atoms with Crippen LogP contribution in [0.5, 0.6) is 0 Å². The van der Waals surface area contributed by atoms with Crippen LogP contribution in [0.4, 0.5) is 0 Å². The van der Waals surface area contributed by atoms with Crippen molar-refractivity contribution in [1.82, 2.24) is 18.7 Å². The molecule has 0 radical (unpaired) electrons. The number of benzene rings is 1. The topological polar surface area (TPSA) is 22.2 Å². The molecule has 1 spiro atoms. The molecular formula is C15H23N4OP. The van der Waals surface area contributed by atoms with E-state index in [0.29, 0.717) is 0 Å². The Bertz CT molecular complexity index is 493. The quantitative estimate of drug-likeness (QED) is 0.789. The molecule has 0 bridgehead atoms. The fraction of sp³-hybridized carbons (Fsp3) is 0.600. The first-order chi connectivity index (χ1) is 10.3. The molecule has 21 heavy (non-hydrogen) atoms. The monoisotopic (exact) mass is 306 g/mol. The van der Waals surface area contributed by atoms with E-state index >= 15 is 0 Å². The molecule has 1 aromatic rings. The second kappa shape index (κ2) is 4.25. The summed E-state index contributed by atoms with van der Waals surface area (Å²) < 4.78 is 17.7. The normalized spacial score (nSPS) is 32.9. The zero-order chi connectivity index (χ0) is 13.9. The Morgan fingerprint density at radius 3 is 1.57 bits per heavy atom. The first-order valence-corrected chi connectivity index (χ1v) is 10.0. The van der Waals surface area contributed by atoms with E-state index in [1.807, 2.05) is 0 Å². The van der Waals surface area contributed by atoms with Crippen LogP contribution in [0.3, 0.4) is 0 Å². The van der Waals surface area contributed by atoms with Crippen LogP contribution in [-0.2, 0) is 11.1 Å². The van der Waals surface area contributed by atoms with E-state index in [1.165, 1.54) is 57.9 Å². The summed E-state index contributed by atoms with van der Waals surface area (Å²) in [5.74, 6) is 0. The minimum atomic E-state index is -2.56. The van der Waals surface area contributed by atoms with Gasteiger partial charge in [0, 0.05) is 0 Å². The summed E-state index contributed by atoms with van der Waals surface area (Å²) in [6.07, 6.45) is 0. The Morgan fingerprint density at radius 1 is 0.714 bits per heavy atom. The van der Waals surface area contributed by atoms with Crippen LogP contribution in [0.25, 0.3) is 0 Å². The van der Waals surface area contributed by atoms with Crippen LogP contribution >= 0.6 is 7.43 Å². The molecule has 0 aliphatic carbocycles. The van der Waals surface area contributed by atoms with Gasteiger partial charge in [-0.15, -0.1) is 0 Å². The van der Waals surface area contributed by atoms with Crippen molar-refractivity contribution in [2.45, 2.75) is 6.61 Å². The molecule has 0 unspecified atom stereocenters. The number of nitrogens with zero attached hydrogens (tertiary/aromatic N) is 4. The molecule has 4 aliphatic heterocycles. The SMILES string of the molecule is c1ccc(COP234N5CCN2CCN3CCN4CC5)cc1. The number of hydrogen-bond acceptors (Lipinski definition) is 5. The van der Waals surface area contributed by atoms with Gasteiger partial charge in [0.05, 0.1) is 0 Å². The van der Waals surface area contributed by atoms with E-state index in [1.54, 1.807) is 0 Å². The Morgan fingerprint density at radius 2 is 1.14 bits per heavy atom. The molecular weight excluding hydrogens is 283 g/mol. The van der Waals surface area contributed by atoms with E-state index in [-0.39, 0.29) is 0 Å². The zero-order valence-corrected chi connectivity index (χ0v) is 13.3. The Balaban J connectivity index is 1.56. The summed E-state index contributed by atoms with van der Waals surface area (Å²) in [6, 6.07) is 10.7.